The van der Waals surface area contributed by atoms with E-state index in [9.17, 15) is 4.79 Å². The zero-order chi connectivity index (χ0) is 14.0. The highest BCUT2D eigenvalue weighted by Gasteiger charge is 2.08. The Morgan fingerprint density at radius 2 is 2.00 bits per heavy atom. The molecule has 0 fully saturated rings. The Balaban J connectivity index is 2.20. The smallest absolute Gasteiger partial charge is 0.255 e. The van der Waals surface area contributed by atoms with Crippen LogP contribution in [0.15, 0.2) is 40.9 Å². The van der Waals surface area contributed by atoms with Gasteiger partial charge >= 0.3 is 0 Å². The summed E-state index contributed by atoms with van der Waals surface area (Å²) >= 11 is 9.31. The minimum atomic E-state index is -0.219. The van der Waals surface area contributed by atoms with E-state index in [-0.39, 0.29) is 5.91 Å². The van der Waals surface area contributed by atoms with Crippen molar-refractivity contribution < 1.29 is 4.79 Å². The van der Waals surface area contributed by atoms with Gasteiger partial charge in [-0.15, -0.1) is 0 Å². The van der Waals surface area contributed by atoms with Crippen LogP contribution >= 0.6 is 27.5 Å². The van der Waals surface area contributed by atoms with Crippen LogP contribution in [0, 0.1) is 6.92 Å². The van der Waals surface area contributed by atoms with Crippen LogP contribution in [-0.2, 0) is 0 Å². The van der Waals surface area contributed by atoms with Gasteiger partial charge in [0.25, 0.3) is 5.91 Å². The maximum Gasteiger partial charge on any atom is 0.255 e. The first kappa shape index (κ1) is 13.9. The van der Waals surface area contributed by atoms with E-state index in [0.29, 0.717) is 16.3 Å². The highest BCUT2D eigenvalue weighted by Crippen LogP contribution is 2.22. The molecule has 0 heterocycles. The molecule has 3 N–H and O–H groups in total. The Morgan fingerprint density at radius 1 is 1.26 bits per heavy atom. The predicted octanol–water partition coefficient (Wildman–Crippen LogP) is 4.25. The number of halogens is 2. The number of carbonyl (C=O) groups is 1. The molecule has 1 amide bonds. The molecular weight excluding hydrogens is 328 g/mol. The molecule has 0 saturated carbocycles. The fourth-order valence-electron chi connectivity index (χ4n) is 1.59. The zero-order valence-electron chi connectivity index (χ0n) is 10.2. The normalized spacial score (nSPS) is 10.3. The molecular formula is C14H12BrClN2O. The molecule has 5 heteroatoms. The molecule has 0 aliphatic heterocycles. The summed E-state index contributed by atoms with van der Waals surface area (Å²) in [6.45, 7) is 1.96. The summed E-state index contributed by atoms with van der Waals surface area (Å²) in [5.74, 6) is -0.219. The van der Waals surface area contributed by atoms with E-state index in [0.717, 1.165) is 15.7 Å². The molecule has 0 atom stereocenters. The topological polar surface area (TPSA) is 55.1 Å². The Morgan fingerprint density at radius 3 is 2.63 bits per heavy atom. The molecule has 0 aliphatic carbocycles. The number of carbonyl (C=O) groups excluding carboxylic acids is 1. The second-order valence-corrected chi connectivity index (χ2v) is 5.42. The fourth-order valence-corrected chi connectivity index (χ4v) is 2.02. The summed E-state index contributed by atoms with van der Waals surface area (Å²) in [5, 5.41) is 3.19. The number of amides is 1. The van der Waals surface area contributed by atoms with Crippen LogP contribution in [0.5, 0.6) is 0 Å². The summed E-state index contributed by atoms with van der Waals surface area (Å²) in [4.78, 5) is 12.1. The van der Waals surface area contributed by atoms with Crippen LogP contribution in [0.4, 0.5) is 11.4 Å². The van der Waals surface area contributed by atoms with Crippen molar-refractivity contribution in [2.24, 2.45) is 0 Å². The van der Waals surface area contributed by atoms with Crippen molar-refractivity contribution in [2.45, 2.75) is 6.92 Å². The van der Waals surface area contributed by atoms with Crippen LogP contribution < -0.4 is 11.1 Å². The molecule has 19 heavy (non-hydrogen) atoms. The first-order chi connectivity index (χ1) is 8.97. The van der Waals surface area contributed by atoms with E-state index in [1.165, 1.54) is 0 Å². The van der Waals surface area contributed by atoms with Crippen molar-refractivity contribution >= 4 is 44.8 Å². The van der Waals surface area contributed by atoms with Crippen LogP contribution in [0.3, 0.4) is 0 Å². The molecule has 2 rings (SSSR count). The summed E-state index contributed by atoms with van der Waals surface area (Å²) in [6, 6.07) is 10.4. The number of aryl methyl sites for hydroxylation is 1. The third-order valence-electron chi connectivity index (χ3n) is 2.68. The van der Waals surface area contributed by atoms with Crippen LogP contribution in [-0.4, -0.2) is 5.91 Å². The molecule has 2 aromatic rings. The Labute approximate surface area is 124 Å². The lowest BCUT2D eigenvalue weighted by molar-refractivity contribution is 0.102. The van der Waals surface area contributed by atoms with E-state index in [4.69, 9.17) is 17.3 Å². The lowest BCUT2D eigenvalue weighted by atomic mass is 10.1. The minimum absolute atomic E-state index is 0.219. The quantitative estimate of drug-likeness (QED) is 0.804. The molecule has 0 spiro atoms. The average molecular weight is 340 g/mol. The predicted molar refractivity (Wildman–Crippen MR) is 82.7 cm³/mol. The highest BCUT2D eigenvalue weighted by atomic mass is 79.9. The van der Waals surface area contributed by atoms with Gasteiger partial charge in [-0.25, -0.2) is 0 Å². The largest absolute Gasteiger partial charge is 0.398 e. The Bertz CT molecular complexity index is 643. The van der Waals surface area contributed by atoms with Gasteiger partial charge in [-0.05, 0) is 48.9 Å². The van der Waals surface area contributed by atoms with Gasteiger partial charge in [0.05, 0.1) is 10.7 Å². The van der Waals surface area contributed by atoms with Gasteiger partial charge in [0.1, 0.15) is 0 Å². The van der Waals surface area contributed by atoms with Crippen molar-refractivity contribution in [3.63, 3.8) is 0 Å². The zero-order valence-corrected chi connectivity index (χ0v) is 12.5. The van der Waals surface area contributed by atoms with Crippen LogP contribution in [0.25, 0.3) is 0 Å². The Hall–Kier alpha value is -1.52. The molecule has 0 aliphatic rings. The van der Waals surface area contributed by atoms with Gasteiger partial charge in [0.15, 0.2) is 0 Å². The second-order valence-electron chi connectivity index (χ2n) is 4.15. The maximum absolute atomic E-state index is 12.1. The van der Waals surface area contributed by atoms with Gasteiger partial charge in [-0.1, -0.05) is 27.5 Å². The van der Waals surface area contributed by atoms with E-state index in [1.807, 2.05) is 25.1 Å². The number of rotatable bonds is 2. The maximum atomic E-state index is 12.1. The summed E-state index contributed by atoms with van der Waals surface area (Å²) in [7, 11) is 0. The number of hydrogen-bond acceptors (Lipinski definition) is 2. The van der Waals surface area contributed by atoms with Gasteiger partial charge in [0.2, 0.25) is 0 Å². The number of nitrogen functional groups attached to an aromatic ring is 1. The third kappa shape index (κ3) is 3.28. The van der Waals surface area contributed by atoms with Gasteiger partial charge < -0.3 is 11.1 Å². The number of hydrogen-bond donors (Lipinski definition) is 2. The molecule has 0 bridgehead atoms. The average Bonchev–Trinajstić information content (AvgIpc) is 2.37. The van der Waals surface area contributed by atoms with E-state index < -0.39 is 0 Å². The highest BCUT2D eigenvalue weighted by molar-refractivity contribution is 9.10. The van der Waals surface area contributed by atoms with Gasteiger partial charge in [-0.3, -0.25) is 4.79 Å². The lowest BCUT2D eigenvalue weighted by Crippen LogP contribution is -2.12. The molecule has 0 unspecified atom stereocenters. The fraction of sp³-hybridized carbons (Fsp3) is 0.0714. The lowest BCUT2D eigenvalue weighted by Gasteiger charge is -2.08. The number of benzene rings is 2. The number of anilines is 2. The van der Waals surface area contributed by atoms with Crippen LogP contribution in [0.2, 0.25) is 5.02 Å². The minimum Gasteiger partial charge on any atom is -0.398 e. The number of nitrogens with one attached hydrogen (secondary N) is 1. The van der Waals surface area contributed by atoms with E-state index in [1.54, 1.807) is 18.2 Å². The van der Waals surface area contributed by atoms with Gasteiger partial charge in [-0.2, -0.15) is 0 Å². The second kappa shape index (κ2) is 5.63. The first-order valence-electron chi connectivity index (χ1n) is 5.60. The van der Waals surface area contributed by atoms with Crippen molar-refractivity contribution in [3.05, 3.63) is 57.0 Å². The third-order valence-corrected chi connectivity index (χ3v) is 3.90. The molecule has 0 saturated heterocycles. The van der Waals surface area contributed by atoms with Crippen molar-refractivity contribution in [1.82, 2.24) is 0 Å². The van der Waals surface area contributed by atoms with Gasteiger partial charge in [0, 0.05) is 15.7 Å². The SMILES string of the molecule is Cc1cc(NC(=O)c2ccc(N)c(Cl)c2)ccc1Br. The molecule has 3 nitrogen and oxygen atoms in total. The molecule has 98 valence electrons. The van der Waals surface area contributed by atoms with Crippen LogP contribution in [0.1, 0.15) is 15.9 Å². The van der Waals surface area contributed by atoms with Crippen molar-refractivity contribution in [3.8, 4) is 0 Å². The van der Waals surface area contributed by atoms with Crippen molar-refractivity contribution in [2.75, 3.05) is 11.1 Å². The van der Waals surface area contributed by atoms with Crippen molar-refractivity contribution in [1.29, 1.82) is 0 Å². The summed E-state index contributed by atoms with van der Waals surface area (Å²) < 4.78 is 1.00. The molecule has 2 aromatic carbocycles. The summed E-state index contributed by atoms with van der Waals surface area (Å²) in [6.07, 6.45) is 0. The monoisotopic (exact) mass is 338 g/mol. The van der Waals surface area contributed by atoms with E-state index >= 15 is 0 Å². The van der Waals surface area contributed by atoms with E-state index in [2.05, 4.69) is 21.2 Å². The first-order valence-corrected chi connectivity index (χ1v) is 6.77. The standard InChI is InChI=1S/C14H12BrClN2O/c1-8-6-10(3-4-11(8)15)18-14(19)9-2-5-13(17)12(16)7-9/h2-7H,17H2,1H3,(H,18,19). The Kier molecular flexibility index (Phi) is 4.12. The molecule has 0 radical (unpaired) electrons. The molecule has 0 aromatic heterocycles. The summed E-state index contributed by atoms with van der Waals surface area (Å²) in [5.41, 5.74) is 8.32. The number of nitrogens with two attached hydrogens (primary N) is 1.